The second-order valence-corrected chi connectivity index (χ2v) is 6.34. The number of halogens is 2. The highest BCUT2D eigenvalue weighted by Crippen LogP contribution is 2.43. The minimum atomic E-state index is -3.85. The van der Waals surface area contributed by atoms with Crippen molar-refractivity contribution in [3.8, 4) is 0 Å². The van der Waals surface area contributed by atoms with E-state index >= 15 is 0 Å². The van der Waals surface area contributed by atoms with E-state index in [0.717, 1.165) is 19.0 Å². The number of carbonyl (C=O) groups excluding carboxylic acids is 1. The van der Waals surface area contributed by atoms with E-state index < -0.39 is 29.7 Å². The first-order chi connectivity index (χ1) is 12.8. The van der Waals surface area contributed by atoms with Crippen LogP contribution in [0.4, 0.5) is 14.6 Å². The van der Waals surface area contributed by atoms with Crippen LogP contribution in [0.25, 0.3) is 0 Å². The van der Waals surface area contributed by atoms with Gasteiger partial charge in [0.1, 0.15) is 12.1 Å². The second kappa shape index (κ2) is 8.47. The van der Waals surface area contributed by atoms with Crippen molar-refractivity contribution >= 4 is 11.7 Å². The number of nitrogens with one attached hydrogen (secondary N) is 1. The maximum atomic E-state index is 14.1. The Kier molecular flexibility index (Phi) is 6.53. The van der Waals surface area contributed by atoms with Crippen molar-refractivity contribution < 1.29 is 28.5 Å². The summed E-state index contributed by atoms with van der Waals surface area (Å²) in [6, 6.07) is 1.20. The van der Waals surface area contributed by atoms with E-state index in [1.165, 1.54) is 6.07 Å². The Bertz CT molecular complexity index is 759. The third-order valence-corrected chi connectivity index (χ3v) is 4.32. The predicted molar refractivity (Wildman–Crippen MR) is 92.2 cm³/mol. The van der Waals surface area contributed by atoms with Gasteiger partial charge in [-0.05, 0) is 18.9 Å². The summed E-state index contributed by atoms with van der Waals surface area (Å²) >= 11 is 0. The van der Waals surface area contributed by atoms with Crippen LogP contribution in [0.15, 0.2) is 29.1 Å². The number of hydrogen-bond donors (Lipinski definition) is 3. The number of aliphatic hydroxyl groups is 2. The summed E-state index contributed by atoms with van der Waals surface area (Å²) in [5, 5.41) is 20.9. The van der Waals surface area contributed by atoms with Gasteiger partial charge in [0.25, 0.3) is 0 Å². The van der Waals surface area contributed by atoms with Gasteiger partial charge >= 0.3 is 11.6 Å². The summed E-state index contributed by atoms with van der Waals surface area (Å²) in [4.78, 5) is 28.0. The molecular weight excluding hydrogens is 364 g/mol. The molecule has 1 aliphatic rings. The number of ether oxygens (including phenoxy) is 1. The number of carbonyl (C=O) groups is 1. The highest BCUT2D eigenvalue weighted by Gasteiger charge is 2.58. The molecule has 8 nitrogen and oxygen atoms in total. The zero-order valence-corrected chi connectivity index (χ0v) is 15.1. The molecule has 1 amide bonds. The summed E-state index contributed by atoms with van der Waals surface area (Å²) in [5.41, 5.74) is -1.09. The molecular formula is C17H23F2N3O5. The number of hydrogen-bond acceptors (Lipinski definition) is 6. The normalized spacial score (nSPS) is 22.8. The molecule has 2 atom stereocenters. The van der Waals surface area contributed by atoms with E-state index in [2.05, 4.69) is 10.3 Å². The number of alkyl halides is 2. The lowest BCUT2D eigenvalue weighted by Gasteiger charge is -2.20. The number of aliphatic hydroxyl groups excluding tert-OH is 2. The number of anilines is 1. The topological polar surface area (TPSA) is 114 Å². The highest BCUT2D eigenvalue weighted by molar-refractivity contribution is 5.91. The number of aromatic nitrogens is 2. The molecule has 0 aliphatic carbocycles. The summed E-state index contributed by atoms with van der Waals surface area (Å²) < 4.78 is 33.5. The Morgan fingerprint density at radius 1 is 1.44 bits per heavy atom. The van der Waals surface area contributed by atoms with E-state index in [1.54, 1.807) is 0 Å². The molecule has 10 heteroatoms. The van der Waals surface area contributed by atoms with Crippen LogP contribution in [0, 0.1) is 5.92 Å². The Labute approximate surface area is 154 Å². The Balaban J connectivity index is 2.21. The molecule has 0 bridgehead atoms. The van der Waals surface area contributed by atoms with Crippen LogP contribution in [0.1, 0.15) is 45.8 Å². The third kappa shape index (κ3) is 4.26. The van der Waals surface area contributed by atoms with Gasteiger partial charge in [0.15, 0.2) is 11.9 Å². The van der Waals surface area contributed by atoms with Crippen LogP contribution in [0.2, 0.25) is 0 Å². The van der Waals surface area contributed by atoms with Crippen LogP contribution in [-0.4, -0.2) is 37.7 Å². The first kappa shape index (κ1) is 20.8. The van der Waals surface area contributed by atoms with E-state index in [1.807, 2.05) is 13.8 Å². The van der Waals surface area contributed by atoms with Crippen LogP contribution >= 0.6 is 0 Å². The molecule has 0 saturated carbocycles. The molecule has 1 aromatic rings. The van der Waals surface area contributed by atoms with Crippen molar-refractivity contribution in [2.75, 3.05) is 5.32 Å². The average molecular weight is 387 g/mol. The second-order valence-electron chi connectivity index (χ2n) is 6.34. The standard InChI is InChI=1S/C17H23F2N3O5/c1-3-5-10(6-4-2)14(25)20-12-7-8-22(16(26)21-12)15-17(18,19)13(24)11(9-23)27-15/h7-10,13,15,23-24H,3-6H2,1-2H3,(H,20,21,25,26)/b11-9-/t13-,15-/m1/s1. The molecule has 3 N–H and O–H groups in total. The van der Waals surface area contributed by atoms with Gasteiger partial charge in [0, 0.05) is 12.1 Å². The average Bonchev–Trinajstić information content (AvgIpc) is 2.84. The fourth-order valence-electron chi connectivity index (χ4n) is 2.93. The van der Waals surface area contributed by atoms with Gasteiger partial charge in [0.2, 0.25) is 12.1 Å². The fraction of sp³-hybridized carbons (Fsp3) is 0.588. The number of rotatable bonds is 7. The van der Waals surface area contributed by atoms with Crippen molar-refractivity contribution in [3.63, 3.8) is 0 Å². The number of amides is 1. The highest BCUT2D eigenvalue weighted by atomic mass is 19.3. The molecule has 1 aromatic heterocycles. The Hall–Kier alpha value is -2.49. The molecule has 150 valence electrons. The van der Waals surface area contributed by atoms with E-state index in [0.29, 0.717) is 17.4 Å². The molecule has 1 fully saturated rings. The largest absolute Gasteiger partial charge is 0.512 e. The lowest BCUT2D eigenvalue weighted by Crippen LogP contribution is -2.40. The van der Waals surface area contributed by atoms with Crippen LogP contribution in [-0.2, 0) is 9.53 Å². The summed E-state index contributed by atoms with van der Waals surface area (Å²) in [7, 11) is 0. The van der Waals surface area contributed by atoms with Gasteiger partial charge in [-0.15, -0.1) is 0 Å². The maximum Gasteiger partial charge on any atom is 0.352 e. The van der Waals surface area contributed by atoms with E-state index in [9.17, 15) is 23.5 Å². The molecule has 0 spiro atoms. The van der Waals surface area contributed by atoms with Crippen molar-refractivity contribution in [1.82, 2.24) is 9.55 Å². The van der Waals surface area contributed by atoms with E-state index in [4.69, 9.17) is 9.84 Å². The fourth-order valence-corrected chi connectivity index (χ4v) is 2.93. The Morgan fingerprint density at radius 3 is 2.56 bits per heavy atom. The smallest absolute Gasteiger partial charge is 0.352 e. The predicted octanol–water partition coefficient (Wildman–Crippen LogP) is 2.32. The quantitative estimate of drug-likeness (QED) is 0.619. The zero-order chi connectivity index (χ0) is 20.2. The van der Waals surface area contributed by atoms with Gasteiger partial charge in [-0.25, -0.2) is 4.79 Å². The minimum absolute atomic E-state index is 0.0572. The Morgan fingerprint density at radius 2 is 2.07 bits per heavy atom. The molecule has 2 rings (SSSR count). The zero-order valence-electron chi connectivity index (χ0n) is 15.1. The SMILES string of the molecule is CCCC(CCC)C(=O)Nc1ccn([C@@H]2O/C(=C\O)[C@@H](O)C2(F)F)c(=O)n1. The maximum absolute atomic E-state index is 14.1. The monoisotopic (exact) mass is 387 g/mol. The van der Waals surface area contributed by atoms with E-state index in [-0.39, 0.29) is 23.9 Å². The van der Waals surface area contributed by atoms with Gasteiger partial charge in [-0.3, -0.25) is 9.36 Å². The van der Waals surface area contributed by atoms with Gasteiger partial charge in [-0.1, -0.05) is 26.7 Å². The lowest BCUT2D eigenvalue weighted by molar-refractivity contribution is -0.140. The van der Waals surface area contributed by atoms with Crippen molar-refractivity contribution in [2.24, 2.45) is 5.92 Å². The molecule has 27 heavy (non-hydrogen) atoms. The molecule has 1 aliphatic heterocycles. The van der Waals surface area contributed by atoms with Crippen LogP contribution < -0.4 is 11.0 Å². The van der Waals surface area contributed by atoms with Crippen LogP contribution in [0.5, 0.6) is 0 Å². The molecule has 0 aromatic carbocycles. The third-order valence-electron chi connectivity index (χ3n) is 4.32. The molecule has 2 heterocycles. The first-order valence-corrected chi connectivity index (χ1v) is 8.73. The summed E-state index contributed by atoms with van der Waals surface area (Å²) in [6.45, 7) is 3.92. The number of nitrogens with zero attached hydrogens (tertiary/aromatic N) is 2. The first-order valence-electron chi connectivity index (χ1n) is 8.73. The molecule has 0 radical (unpaired) electrons. The van der Waals surface area contributed by atoms with Gasteiger partial charge in [0.05, 0.1) is 0 Å². The van der Waals surface area contributed by atoms with Crippen molar-refractivity contribution in [1.29, 1.82) is 0 Å². The molecule has 0 unspecified atom stereocenters. The van der Waals surface area contributed by atoms with Crippen molar-refractivity contribution in [3.05, 3.63) is 34.8 Å². The molecule has 1 saturated heterocycles. The summed E-state index contributed by atoms with van der Waals surface area (Å²) in [6.07, 6.45) is -0.321. The lowest BCUT2D eigenvalue weighted by atomic mass is 9.97. The van der Waals surface area contributed by atoms with Crippen LogP contribution in [0.3, 0.4) is 0 Å². The minimum Gasteiger partial charge on any atom is -0.512 e. The summed E-state index contributed by atoms with van der Waals surface area (Å²) in [5.74, 6) is -5.17. The van der Waals surface area contributed by atoms with Gasteiger partial charge < -0.3 is 20.3 Å². The van der Waals surface area contributed by atoms with Crippen molar-refractivity contribution in [2.45, 2.75) is 57.8 Å². The van der Waals surface area contributed by atoms with Gasteiger partial charge in [-0.2, -0.15) is 13.8 Å².